The fraction of sp³-hybridized carbons (Fsp3) is 0.500. The number of benzene rings is 1. The topological polar surface area (TPSA) is 0 Å². The Morgan fingerprint density at radius 2 is 1.69 bits per heavy atom. The van der Waals surface area contributed by atoms with Gasteiger partial charge in [0.05, 0.1) is 0 Å². The summed E-state index contributed by atoms with van der Waals surface area (Å²) < 4.78 is 0.515. The molecule has 1 aliphatic carbocycles. The zero-order valence-electron chi connectivity index (χ0n) is 8.12. The molecular weight excluding hydrogens is 176 g/mol. The Bertz CT molecular complexity index is 260. The van der Waals surface area contributed by atoms with Crippen LogP contribution in [0.5, 0.6) is 0 Å². The molecule has 1 aliphatic rings. The first kappa shape index (κ1) is 9.14. The molecule has 1 heteroatoms. The van der Waals surface area contributed by atoms with Gasteiger partial charge in [-0.05, 0) is 25.0 Å². The van der Waals surface area contributed by atoms with Crippen molar-refractivity contribution in [2.24, 2.45) is 0 Å². The highest BCUT2D eigenvalue weighted by Gasteiger charge is 2.29. The molecule has 0 spiro atoms. The third-order valence-corrected chi connectivity index (χ3v) is 4.18. The summed E-state index contributed by atoms with van der Waals surface area (Å²) in [5, 5.41) is 0. The van der Waals surface area contributed by atoms with Crippen molar-refractivity contribution in [3.63, 3.8) is 0 Å². The van der Waals surface area contributed by atoms with Crippen LogP contribution < -0.4 is 0 Å². The summed E-state index contributed by atoms with van der Waals surface area (Å²) in [4.78, 5) is 1.42. The van der Waals surface area contributed by atoms with Gasteiger partial charge in [0.25, 0.3) is 0 Å². The lowest BCUT2D eigenvalue weighted by atomic mass is 10.1. The molecule has 0 aromatic heterocycles. The first-order chi connectivity index (χ1) is 6.29. The first-order valence-electron chi connectivity index (χ1n) is 5.03. The van der Waals surface area contributed by atoms with Crippen LogP contribution in [0, 0.1) is 0 Å². The summed E-state index contributed by atoms with van der Waals surface area (Å²) >= 11 is 2.05. The van der Waals surface area contributed by atoms with Crippen molar-refractivity contribution in [3.05, 3.63) is 30.3 Å². The van der Waals surface area contributed by atoms with Crippen molar-refractivity contribution in [2.45, 2.75) is 42.2 Å². The first-order valence-corrected chi connectivity index (χ1v) is 5.84. The second kappa shape index (κ2) is 3.75. The summed E-state index contributed by atoms with van der Waals surface area (Å²) in [6, 6.07) is 10.8. The zero-order valence-corrected chi connectivity index (χ0v) is 8.94. The monoisotopic (exact) mass is 192 g/mol. The molecule has 0 aliphatic heterocycles. The van der Waals surface area contributed by atoms with E-state index in [9.17, 15) is 0 Å². The average molecular weight is 192 g/mol. The smallest absolute Gasteiger partial charge is 0.0179 e. The molecule has 0 atom stereocenters. The number of hydrogen-bond acceptors (Lipinski definition) is 1. The largest absolute Gasteiger partial charge is 0.120 e. The molecule has 1 aromatic carbocycles. The molecular formula is C12H16S. The number of rotatable bonds is 2. The van der Waals surface area contributed by atoms with Gasteiger partial charge in [-0.3, -0.25) is 0 Å². The third-order valence-electron chi connectivity index (χ3n) is 2.77. The van der Waals surface area contributed by atoms with Crippen molar-refractivity contribution in [1.82, 2.24) is 0 Å². The Morgan fingerprint density at radius 3 is 2.31 bits per heavy atom. The molecule has 0 N–H and O–H groups in total. The quantitative estimate of drug-likeness (QED) is 0.679. The second-order valence-electron chi connectivity index (χ2n) is 4.07. The van der Waals surface area contributed by atoms with Gasteiger partial charge in [0.2, 0.25) is 0 Å². The summed E-state index contributed by atoms with van der Waals surface area (Å²) in [6.45, 7) is 2.40. The van der Waals surface area contributed by atoms with E-state index in [2.05, 4.69) is 49.0 Å². The predicted octanol–water partition coefficient (Wildman–Crippen LogP) is 4.11. The molecule has 2 rings (SSSR count). The third kappa shape index (κ3) is 2.28. The minimum Gasteiger partial charge on any atom is -0.120 e. The summed E-state index contributed by atoms with van der Waals surface area (Å²) in [6.07, 6.45) is 5.59. The molecule has 1 saturated carbocycles. The van der Waals surface area contributed by atoms with E-state index in [0.29, 0.717) is 4.75 Å². The van der Waals surface area contributed by atoms with Crippen LogP contribution in [0.4, 0.5) is 0 Å². The molecule has 0 amide bonds. The van der Waals surface area contributed by atoms with Gasteiger partial charge < -0.3 is 0 Å². The average Bonchev–Trinajstić information content (AvgIpc) is 2.54. The van der Waals surface area contributed by atoms with Gasteiger partial charge in [-0.25, -0.2) is 0 Å². The van der Waals surface area contributed by atoms with E-state index in [1.165, 1.54) is 30.6 Å². The molecule has 0 nitrogen and oxygen atoms in total. The van der Waals surface area contributed by atoms with Gasteiger partial charge in [0, 0.05) is 9.64 Å². The van der Waals surface area contributed by atoms with Crippen molar-refractivity contribution in [1.29, 1.82) is 0 Å². The van der Waals surface area contributed by atoms with Crippen LogP contribution >= 0.6 is 11.8 Å². The minimum absolute atomic E-state index is 0.515. The predicted molar refractivity (Wildman–Crippen MR) is 59.2 cm³/mol. The highest BCUT2D eigenvalue weighted by Crippen LogP contribution is 2.44. The van der Waals surface area contributed by atoms with Crippen LogP contribution in [0.2, 0.25) is 0 Å². The maximum absolute atomic E-state index is 2.40. The number of thioether (sulfide) groups is 1. The van der Waals surface area contributed by atoms with Gasteiger partial charge in [-0.2, -0.15) is 0 Å². The van der Waals surface area contributed by atoms with E-state index in [0.717, 1.165) is 0 Å². The summed E-state index contributed by atoms with van der Waals surface area (Å²) in [7, 11) is 0. The van der Waals surface area contributed by atoms with Crippen molar-refractivity contribution in [3.8, 4) is 0 Å². The lowest BCUT2D eigenvalue weighted by Gasteiger charge is -2.22. The van der Waals surface area contributed by atoms with E-state index in [1.54, 1.807) is 0 Å². The van der Waals surface area contributed by atoms with Crippen LogP contribution in [0.15, 0.2) is 35.2 Å². The van der Waals surface area contributed by atoms with E-state index < -0.39 is 0 Å². The molecule has 1 fully saturated rings. The molecule has 1 aromatic rings. The maximum atomic E-state index is 2.40. The van der Waals surface area contributed by atoms with Gasteiger partial charge in [0.15, 0.2) is 0 Å². The van der Waals surface area contributed by atoms with E-state index >= 15 is 0 Å². The minimum atomic E-state index is 0.515. The molecule has 13 heavy (non-hydrogen) atoms. The van der Waals surface area contributed by atoms with Gasteiger partial charge >= 0.3 is 0 Å². The lowest BCUT2D eigenvalue weighted by Crippen LogP contribution is -2.13. The fourth-order valence-electron chi connectivity index (χ4n) is 2.00. The van der Waals surface area contributed by atoms with Crippen molar-refractivity contribution >= 4 is 11.8 Å². The van der Waals surface area contributed by atoms with Crippen LogP contribution in [-0.2, 0) is 0 Å². The van der Waals surface area contributed by atoms with E-state index in [-0.39, 0.29) is 0 Å². The highest BCUT2D eigenvalue weighted by atomic mass is 32.2. The normalized spacial score (nSPS) is 20.4. The lowest BCUT2D eigenvalue weighted by molar-refractivity contribution is 0.673. The van der Waals surface area contributed by atoms with Crippen molar-refractivity contribution < 1.29 is 0 Å². The molecule has 0 heterocycles. The Hall–Kier alpha value is -0.430. The molecule has 0 radical (unpaired) electrons. The van der Waals surface area contributed by atoms with Crippen LogP contribution in [0.1, 0.15) is 32.6 Å². The van der Waals surface area contributed by atoms with E-state index in [4.69, 9.17) is 0 Å². The van der Waals surface area contributed by atoms with Crippen LogP contribution in [-0.4, -0.2) is 4.75 Å². The Labute approximate surface area is 84.7 Å². The number of hydrogen-bond donors (Lipinski definition) is 0. The molecule has 0 unspecified atom stereocenters. The van der Waals surface area contributed by atoms with E-state index in [1.807, 2.05) is 0 Å². The van der Waals surface area contributed by atoms with Gasteiger partial charge in [-0.15, -0.1) is 11.8 Å². The van der Waals surface area contributed by atoms with Crippen LogP contribution in [0.25, 0.3) is 0 Å². The second-order valence-corrected chi connectivity index (χ2v) is 5.73. The molecule has 0 bridgehead atoms. The van der Waals surface area contributed by atoms with Crippen LogP contribution in [0.3, 0.4) is 0 Å². The SMILES string of the molecule is CC1(Sc2ccccc2)CCCC1. The maximum Gasteiger partial charge on any atom is 0.0179 e. The van der Waals surface area contributed by atoms with Gasteiger partial charge in [-0.1, -0.05) is 38.0 Å². The Kier molecular flexibility index (Phi) is 2.63. The highest BCUT2D eigenvalue weighted by molar-refractivity contribution is 8.00. The molecule has 70 valence electrons. The van der Waals surface area contributed by atoms with Crippen molar-refractivity contribution in [2.75, 3.05) is 0 Å². The van der Waals surface area contributed by atoms with Gasteiger partial charge in [0.1, 0.15) is 0 Å². The standard InChI is InChI=1S/C12H16S/c1-12(9-5-6-10-12)13-11-7-3-2-4-8-11/h2-4,7-8H,5-6,9-10H2,1H3. The summed E-state index contributed by atoms with van der Waals surface area (Å²) in [5.41, 5.74) is 0. The summed E-state index contributed by atoms with van der Waals surface area (Å²) in [5.74, 6) is 0. The fourth-order valence-corrected chi connectivity index (χ4v) is 3.35. The Balaban J connectivity index is 2.05. The molecule has 0 saturated heterocycles. The Morgan fingerprint density at radius 1 is 1.08 bits per heavy atom. The zero-order chi connectivity index (χ0) is 9.15.